The molecule has 0 radical (unpaired) electrons. The lowest BCUT2D eigenvalue weighted by molar-refractivity contribution is -0.149. The van der Waals surface area contributed by atoms with Gasteiger partial charge in [-0.3, -0.25) is 15.3 Å². The number of hydrogen-bond donors (Lipinski definition) is 2. The molecule has 1 unspecified atom stereocenters. The molecule has 0 aromatic carbocycles. The Morgan fingerprint density at radius 2 is 0.913 bits per heavy atom. The van der Waals surface area contributed by atoms with Crippen LogP contribution >= 0.6 is 0 Å². The number of carbonyl (C=O) groups excluding carboxylic acids is 2. The van der Waals surface area contributed by atoms with Gasteiger partial charge in [-0.15, -0.1) is 0 Å². The molecule has 0 aliphatic carbocycles. The minimum absolute atomic E-state index is 0.0261. The predicted molar refractivity (Wildman–Crippen MR) is 200 cm³/mol. The molecule has 0 rings (SSSR count). The van der Waals surface area contributed by atoms with Crippen LogP contribution in [-0.4, -0.2) is 24.6 Å². The zero-order valence-electron chi connectivity index (χ0n) is 30.8. The van der Waals surface area contributed by atoms with Gasteiger partial charge in [0.25, 0.3) is 0 Å². The summed E-state index contributed by atoms with van der Waals surface area (Å²) in [6, 6.07) is 0. The fourth-order valence-corrected chi connectivity index (χ4v) is 5.78. The maximum Gasteiger partial charge on any atom is 0.307 e. The first-order chi connectivity index (χ1) is 22.6. The van der Waals surface area contributed by atoms with Crippen LogP contribution in [0.1, 0.15) is 213 Å². The summed E-state index contributed by atoms with van der Waals surface area (Å²) in [4.78, 5) is 24.2. The van der Waals surface area contributed by atoms with Crippen molar-refractivity contribution in [2.45, 2.75) is 219 Å². The second-order valence-corrected chi connectivity index (χ2v) is 13.5. The standard InChI is InChI=1S/C41H78N2O3/c1-3-5-7-9-11-13-15-17-19-21-23-25-27-29-31-33-38-43-40(44)36-34-37-41(45)46-39(42)35-32-30-28-26-24-22-20-18-16-14-12-10-8-6-4-2/h17-20,39H,3-16,21-38,42H2,1-2H3,(H,43,44)/b19-17-,20-18-. The third-order valence-corrected chi connectivity index (χ3v) is 8.83. The van der Waals surface area contributed by atoms with E-state index < -0.39 is 6.23 Å². The molecule has 3 N–H and O–H groups in total. The Bertz CT molecular complexity index is 706. The maximum absolute atomic E-state index is 12.1. The molecule has 1 amide bonds. The van der Waals surface area contributed by atoms with E-state index in [0.717, 1.165) is 32.2 Å². The molecule has 1 atom stereocenters. The summed E-state index contributed by atoms with van der Waals surface area (Å²) >= 11 is 0. The Labute approximate surface area is 286 Å². The Morgan fingerprint density at radius 3 is 1.37 bits per heavy atom. The van der Waals surface area contributed by atoms with Crippen LogP contribution in [0.5, 0.6) is 0 Å². The van der Waals surface area contributed by atoms with Crippen molar-refractivity contribution in [3.05, 3.63) is 24.3 Å². The van der Waals surface area contributed by atoms with Crippen molar-refractivity contribution in [3.8, 4) is 0 Å². The minimum Gasteiger partial charge on any atom is -0.447 e. The summed E-state index contributed by atoms with van der Waals surface area (Å²) in [5.41, 5.74) is 6.00. The van der Waals surface area contributed by atoms with Gasteiger partial charge in [-0.05, 0) is 77.0 Å². The van der Waals surface area contributed by atoms with E-state index in [9.17, 15) is 9.59 Å². The van der Waals surface area contributed by atoms with Gasteiger partial charge in [0.05, 0.1) is 0 Å². The molecule has 46 heavy (non-hydrogen) atoms. The van der Waals surface area contributed by atoms with Gasteiger partial charge in [-0.25, -0.2) is 0 Å². The van der Waals surface area contributed by atoms with E-state index >= 15 is 0 Å². The molecule has 0 aromatic heterocycles. The van der Waals surface area contributed by atoms with E-state index in [2.05, 4.69) is 43.5 Å². The molecule has 0 aliphatic rings. The molecule has 5 nitrogen and oxygen atoms in total. The summed E-state index contributed by atoms with van der Waals surface area (Å²) in [7, 11) is 0. The van der Waals surface area contributed by atoms with Gasteiger partial charge in [0, 0.05) is 19.4 Å². The van der Waals surface area contributed by atoms with Crippen LogP contribution in [0.4, 0.5) is 0 Å². The number of esters is 1. The zero-order chi connectivity index (χ0) is 33.6. The zero-order valence-corrected chi connectivity index (χ0v) is 30.8. The van der Waals surface area contributed by atoms with Crippen LogP contribution in [0.25, 0.3) is 0 Å². The summed E-state index contributed by atoms with van der Waals surface area (Å²) in [6.07, 6.45) is 45.2. The topological polar surface area (TPSA) is 81.4 Å². The lowest BCUT2D eigenvalue weighted by Crippen LogP contribution is -2.27. The van der Waals surface area contributed by atoms with E-state index in [-0.39, 0.29) is 18.3 Å². The minimum atomic E-state index is -0.530. The van der Waals surface area contributed by atoms with Gasteiger partial charge in [-0.2, -0.15) is 0 Å². The van der Waals surface area contributed by atoms with Crippen molar-refractivity contribution in [2.75, 3.05) is 6.54 Å². The molecule has 0 spiro atoms. The second kappa shape index (κ2) is 37.8. The largest absolute Gasteiger partial charge is 0.447 e. The highest BCUT2D eigenvalue weighted by atomic mass is 16.6. The van der Waals surface area contributed by atoms with Crippen molar-refractivity contribution >= 4 is 11.9 Å². The number of unbranched alkanes of at least 4 members (excludes halogenated alkanes) is 23. The summed E-state index contributed by atoms with van der Waals surface area (Å²) in [5, 5.41) is 2.99. The molecule has 5 heteroatoms. The van der Waals surface area contributed by atoms with Crippen LogP contribution in [0, 0.1) is 0 Å². The molecule has 0 saturated carbocycles. The van der Waals surface area contributed by atoms with Crippen molar-refractivity contribution in [1.82, 2.24) is 5.32 Å². The normalized spacial score (nSPS) is 12.3. The van der Waals surface area contributed by atoms with Gasteiger partial charge in [0.15, 0.2) is 6.23 Å². The maximum atomic E-state index is 12.1. The Hall–Kier alpha value is -1.62. The predicted octanol–water partition coefficient (Wildman–Crippen LogP) is 12.2. The van der Waals surface area contributed by atoms with E-state index in [0.29, 0.717) is 19.3 Å². The fraction of sp³-hybridized carbons (Fsp3) is 0.854. The number of nitrogens with one attached hydrogen (secondary N) is 1. The molecule has 0 heterocycles. The first-order valence-electron chi connectivity index (χ1n) is 20.1. The third-order valence-electron chi connectivity index (χ3n) is 8.83. The van der Waals surface area contributed by atoms with Crippen LogP contribution in [0.2, 0.25) is 0 Å². The van der Waals surface area contributed by atoms with Crippen LogP contribution in [-0.2, 0) is 14.3 Å². The highest BCUT2D eigenvalue weighted by Gasteiger charge is 2.11. The van der Waals surface area contributed by atoms with Gasteiger partial charge in [0.2, 0.25) is 5.91 Å². The molecule has 270 valence electrons. The average molecular weight is 647 g/mol. The van der Waals surface area contributed by atoms with Crippen molar-refractivity contribution in [2.24, 2.45) is 5.73 Å². The highest BCUT2D eigenvalue weighted by Crippen LogP contribution is 2.12. The molecular formula is C41H78N2O3. The van der Waals surface area contributed by atoms with Gasteiger partial charge in [0.1, 0.15) is 0 Å². The monoisotopic (exact) mass is 647 g/mol. The number of ether oxygens (including phenoxy) is 1. The molecule has 0 fully saturated rings. The Kier molecular flexibility index (Phi) is 36.5. The molecule has 0 aliphatic heterocycles. The smallest absolute Gasteiger partial charge is 0.307 e. The Balaban J connectivity index is 3.43. The highest BCUT2D eigenvalue weighted by molar-refractivity contribution is 5.77. The quantitative estimate of drug-likeness (QED) is 0.0307. The average Bonchev–Trinajstić information content (AvgIpc) is 3.04. The lowest BCUT2D eigenvalue weighted by Gasteiger charge is -2.13. The SMILES string of the molecule is CCCCCCCC/C=C\CCCCCCCCNC(=O)CCCC(=O)OC(N)CCCCCCC/C=C\CCCCCCCC. The molecule has 0 aromatic rings. The molecular weight excluding hydrogens is 568 g/mol. The third kappa shape index (κ3) is 36.8. The van der Waals surface area contributed by atoms with E-state index in [1.54, 1.807) is 0 Å². The van der Waals surface area contributed by atoms with Crippen LogP contribution < -0.4 is 11.1 Å². The number of amides is 1. The van der Waals surface area contributed by atoms with Crippen LogP contribution in [0.3, 0.4) is 0 Å². The molecule has 0 saturated heterocycles. The van der Waals surface area contributed by atoms with Gasteiger partial charge >= 0.3 is 5.97 Å². The summed E-state index contributed by atoms with van der Waals surface area (Å²) in [5.74, 6) is -0.264. The van der Waals surface area contributed by atoms with Crippen LogP contribution in [0.15, 0.2) is 24.3 Å². The number of rotatable bonds is 36. The molecule has 0 bridgehead atoms. The van der Waals surface area contributed by atoms with Gasteiger partial charge in [-0.1, -0.05) is 147 Å². The van der Waals surface area contributed by atoms with E-state index in [1.165, 1.54) is 148 Å². The lowest BCUT2D eigenvalue weighted by atomic mass is 10.1. The van der Waals surface area contributed by atoms with Gasteiger partial charge < -0.3 is 10.1 Å². The fourth-order valence-electron chi connectivity index (χ4n) is 5.78. The summed E-state index contributed by atoms with van der Waals surface area (Å²) < 4.78 is 5.34. The van der Waals surface area contributed by atoms with Crippen molar-refractivity contribution < 1.29 is 14.3 Å². The first-order valence-corrected chi connectivity index (χ1v) is 20.1. The number of hydrogen-bond acceptors (Lipinski definition) is 4. The second-order valence-electron chi connectivity index (χ2n) is 13.5. The van der Waals surface area contributed by atoms with E-state index in [4.69, 9.17) is 10.5 Å². The van der Waals surface area contributed by atoms with Crippen molar-refractivity contribution in [3.63, 3.8) is 0 Å². The Morgan fingerprint density at radius 1 is 0.522 bits per heavy atom. The number of allylic oxidation sites excluding steroid dienone is 4. The number of carbonyl (C=O) groups is 2. The van der Waals surface area contributed by atoms with E-state index in [1.807, 2.05) is 0 Å². The number of nitrogens with two attached hydrogens (primary N) is 1. The first kappa shape index (κ1) is 44.4. The summed E-state index contributed by atoms with van der Waals surface area (Å²) in [6.45, 7) is 5.26. The van der Waals surface area contributed by atoms with Crippen molar-refractivity contribution in [1.29, 1.82) is 0 Å².